The van der Waals surface area contributed by atoms with Gasteiger partial charge in [-0.1, -0.05) is 35.4 Å². The predicted molar refractivity (Wildman–Crippen MR) is 105 cm³/mol. The topological polar surface area (TPSA) is 75.4 Å². The molecule has 1 unspecified atom stereocenters. The lowest BCUT2D eigenvalue weighted by Crippen LogP contribution is -2.41. The van der Waals surface area contributed by atoms with E-state index in [0.29, 0.717) is 17.1 Å². The molecule has 1 N–H and O–H groups in total. The second kappa shape index (κ2) is 7.00. The molecule has 148 valence electrons. The van der Waals surface area contributed by atoms with Crippen molar-refractivity contribution in [3.63, 3.8) is 0 Å². The number of oxazole rings is 1. The Kier molecular flexibility index (Phi) is 4.62. The van der Waals surface area contributed by atoms with Gasteiger partial charge in [-0.3, -0.25) is 9.69 Å². The van der Waals surface area contributed by atoms with Crippen LogP contribution < -0.4 is 5.32 Å². The van der Waals surface area contributed by atoms with Crippen molar-refractivity contribution < 1.29 is 18.4 Å². The summed E-state index contributed by atoms with van der Waals surface area (Å²) in [4.78, 5) is 30.9. The van der Waals surface area contributed by atoms with Crippen LogP contribution in [0.1, 0.15) is 23.7 Å². The summed E-state index contributed by atoms with van der Waals surface area (Å²) in [5, 5.41) is 2.71. The van der Waals surface area contributed by atoms with E-state index in [2.05, 4.69) is 10.3 Å². The highest BCUT2D eigenvalue weighted by Gasteiger charge is 2.50. The van der Waals surface area contributed by atoms with Gasteiger partial charge < -0.3 is 9.73 Å². The number of urea groups is 1. The number of hydrogen-bond donors (Lipinski definition) is 1. The summed E-state index contributed by atoms with van der Waals surface area (Å²) in [5.41, 5.74) is 1.26. The first kappa shape index (κ1) is 19.1. The van der Waals surface area contributed by atoms with Gasteiger partial charge in [-0.15, -0.1) is 0 Å². The average Bonchev–Trinajstić information content (AvgIpc) is 3.21. The van der Waals surface area contributed by atoms with E-state index < -0.39 is 23.3 Å². The molecule has 1 aliphatic heterocycles. The zero-order chi connectivity index (χ0) is 20.8. The Morgan fingerprint density at radius 2 is 1.93 bits per heavy atom. The molecule has 3 aromatic rings. The summed E-state index contributed by atoms with van der Waals surface area (Å²) in [7, 11) is 0. The molecule has 1 fully saturated rings. The second-order valence-corrected chi connectivity index (χ2v) is 7.49. The molecule has 29 heavy (non-hydrogen) atoms. The lowest BCUT2D eigenvalue weighted by atomic mass is 9.92. The van der Waals surface area contributed by atoms with Crippen molar-refractivity contribution in [3.05, 3.63) is 76.4 Å². The molecule has 2 aromatic carbocycles. The number of aromatic nitrogens is 1. The van der Waals surface area contributed by atoms with Crippen LogP contribution in [0.15, 0.2) is 53.1 Å². The molecule has 2 heterocycles. The minimum Gasteiger partial charge on any atom is -0.444 e. The van der Waals surface area contributed by atoms with Gasteiger partial charge in [0.1, 0.15) is 17.6 Å². The van der Waals surface area contributed by atoms with Crippen molar-refractivity contribution in [1.82, 2.24) is 15.2 Å². The second-order valence-electron chi connectivity index (χ2n) is 7.08. The standard InChI is InChI=1S/C21H17ClFN3O3/c1-12-3-5-13(6-4-12)18-24-15(11-29-18)10-26-19(27)21(2,25-20(26)28)16-8-7-14(23)9-17(16)22/h3-9,11H,10H2,1-2H3,(H,25,28). The van der Waals surface area contributed by atoms with Gasteiger partial charge in [0.2, 0.25) is 5.89 Å². The summed E-state index contributed by atoms with van der Waals surface area (Å²) in [6, 6.07) is 10.8. The number of hydrogen-bond acceptors (Lipinski definition) is 4. The number of carbonyl (C=O) groups is 2. The number of benzene rings is 2. The number of rotatable bonds is 4. The van der Waals surface area contributed by atoms with E-state index in [1.807, 2.05) is 31.2 Å². The molecule has 3 amide bonds. The fraction of sp³-hybridized carbons (Fsp3) is 0.190. The van der Waals surface area contributed by atoms with Gasteiger partial charge in [0.05, 0.1) is 12.2 Å². The lowest BCUT2D eigenvalue weighted by molar-refractivity contribution is -0.131. The number of nitrogens with zero attached hydrogens (tertiary/aromatic N) is 2. The molecule has 0 aliphatic carbocycles. The van der Waals surface area contributed by atoms with Crippen molar-refractivity contribution in [2.24, 2.45) is 0 Å². The van der Waals surface area contributed by atoms with Crippen molar-refractivity contribution in [2.45, 2.75) is 25.9 Å². The van der Waals surface area contributed by atoms with Gasteiger partial charge in [0.25, 0.3) is 5.91 Å². The van der Waals surface area contributed by atoms with Crippen LogP contribution in [-0.2, 0) is 16.9 Å². The highest BCUT2D eigenvalue weighted by atomic mass is 35.5. The number of halogens is 2. The molecule has 1 aliphatic rings. The zero-order valence-electron chi connectivity index (χ0n) is 15.7. The Morgan fingerprint density at radius 1 is 1.21 bits per heavy atom. The fourth-order valence-electron chi connectivity index (χ4n) is 3.29. The number of amides is 3. The molecule has 1 aromatic heterocycles. The summed E-state index contributed by atoms with van der Waals surface area (Å²) < 4.78 is 18.9. The lowest BCUT2D eigenvalue weighted by Gasteiger charge is -2.23. The smallest absolute Gasteiger partial charge is 0.325 e. The van der Waals surface area contributed by atoms with Gasteiger partial charge in [-0.05, 0) is 38.1 Å². The van der Waals surface area contributed by atoms with E-state index in [4.69, 9.17) is 16.0 Å². The molecular weight excluding hydrogens is 397 g/mol. The molecular formula is C21H17ClFN3O3. The van der Waals surface area contributed by atoms with Gasteiger partial charge in [-0.2, -0.15) is 0 Å². The maximum Gasteiger partial charge on any atom is 0.325 e. The molecule has 0 radical (unpaired) electrons. The summed E-state index contributed by atoms with van der Waals surface area (Å²) in [6.45, 7) is 3.45. The van der Waals surface area contributed by atoms with E-state index in [0.717, 1.165) is 22.1 Å². The molecule has 0 bridgehead atoms. The Morgan fingerprint density at radius 3 is 2.62 bits per heavy atom. The summed E-state index contributed by atoms with van der Waals surface area (Å²) >= 11 is 6.11. The van der Waals surface area contributed by atoms with Crippen molar-refractivity contribution >= 4 is 23.5 Å². The number of imide groups is 1. The first-order chi connectivity index (χ1) is 13.8. The quantitative estimate of drug-likeness (QED) is 0.643. The monoisotopic (exact) mass is 413 g/mol. The molecule has 1 saturated heterocycles. The third-order valence-electron chi connectivity index (χ3n) is 4.92. The molecule has 4 rings (SSSR count). The third kappa shape index (κ3) is 3.38. The van der Waals surface area contributed by atoms with Crippen molar-refractivity contribution in [3.8, 4) is 11.5 Å². The van der Waals surface area contributed by atoms with Crippen molar-refractivity contribution in [2.75, 3.05) is 0 Å². The Labute approximate surface area is 171 Å². The maximum absolute atomic E-state index is 13.4. The van der Waals surface area contributed by atoms with Crippen LogP contribution in [0.4, 0.5) is 9.18 Å². The highest BCUT2D eigenvalue weighted by Crippen LogP contribution is 2.34. The average molecular weight is 414 g/mol. The predicted octanol–water partition coefficient (Wildman–Crippen LogP) is 4.41. The van der Waals surface area contributed by atoms with Crippen LogP contribution >= 0.6 is 11.6 Å². The minimum absolute atomic E-state index is 0.0611. The highest BCUT2D eigenvalue weighted by molar-refractivity contribution is 6.32. The Balaban J connectivity index is 1.58. The third-order valence-corrected chi connectivity index (χ3v) is 5.23. The molecule has 6 nitrogen and oxygen atoms in total. The van der Waals surface area contributed by atoms with E-state index in [-0.39, 0.29) is 11.6 Å². The summed E-state index contributed by atoms with van der Waals surface area (Å²) in [5.74, 6) is -0.630. The Bertz CT molecular complexity index is 1110. The van der Waals surface area contributed by atoms with Gasteiger partial charge in [-0.25, -0.2) is 14.2 Å². The van der Waals surface area contributed by atoms with E-state index >= 15 is 0 Å². The molecule has 0 saturated carbocycles. The van der Waals surface area contributed by atoms with Crippen LogP contribution in [-0.4, -0.2) is 21.8 Å². The zero-order valence-corrected chi connectivity index (χ0v) is 16.5. The van der Waals surface area contributed by atoms with Crippen molar-refractivity contribution in [1.29, 1.82) is 0 Å². The summed E-state index contributed by atoms with van der Waals surface area (Å²) in [6.07, 6.45) is 1.41. The number of nitrogens with one attached hydrogen (secondary N) is 1. The molecule has 8 heteroatoms. The van der Waals surface area contributed by atoms with E-state index in [1.165, 1.54) is 25.3 Å². The van der Waals surface area contributed by atoms with E-state index in [9.17, 15) is 14.0 Å². The molecule has 0 spiro atoms. The first-order valence-corrected chi connectivity index (χ1v) is 9.27. The van der Waals surface area contributed by atoms with E-state index in [1.54, 1.807) is 0 Å². The van der Waals surface area contributed by atoms with Gasteiger partial charge in [0, 0.05) is 16.1 Å². The van der Waals surface area contributed by atoms with Crippen LogP contribution in [0.3, 0.4) is 0 Å². The first-order valence-electron chi connectivity index (χ1n) is 8.89. The maximum atomic E-state index is 13.4. The van der Waals surface area contributed by atoms with Gasteiger partial charge >= 0.3 is 6.03 Å². The number of aryl methyl sites for hydroxylation is 1. The van der Waals surface area contributed by atoms with Crippen LogP contribution in [0.5, 0.6) is 0 Å². The molecule has 1 atom stereocenters. The van der Waals surface area contributed by atoms with Crippen LogP contribution in [0.25, 0.3) is 11.5 Å². The van der Waals surface area contributed by atoms with Crippen LogP contribution in [0, 0.1) is 12.7 Å². The number of carbonyl (C=O) groups excluding carboxylic acids is 2. The normalized spacial score (nSPS) is 19.0. The minimum atomic E-state index is -1.40. The van der Waals surface area contributed by atoms with Gasteiger partial charge in [0.15, 0.2) is 0 Å². The Hall–Kier alpha value is -3.19. The van der Waals surface area contributed by atoms with Crippen LogP contribution in [0.2, 0.25) is 5.02 Å². The largest absolute Gasteiger partial charge is 0.444 e. The SMILES string of the molecule is Cc1ccc(-c2nc(CN3C(=O)NC(C)(c4ccc(F)cc4Cl)C3=O)co2)cc1. The fourth-order valence-corrected chi connectivity index (χ4v) is 3.64.